The molecule has 6 heteroatoms. The topological polar surface area (TPSA) is 99.3 Å². The van der Waals surface area contributed by atoms with Crippen molar-refractivity contribution in [2.75, 3.05) is 0 Å². The minimum absolute atomic E-state index is 0.153. The summed E-state index contributed by atoms with van der Waals surface area (Å²) in [5, 5.41) is 22.9. The van der Waals surface area contributed by atoms with Gasteiger partial charge in [0.25, 0.3) is 0 Å². The Hall–Kier alpha value is -1.82. The number of phenols is 1. The van der Waals surface area contributed by atoms with Gasteiger partial charge in [0.15, 0.2) is 17.1 Å². The Kier molecular flexibility index (Phi) is 2.65. The van der Waals surface area contributed by atoms with Crippen LogP contribution in [0.3, 0.4) is 0 Å². The molecule has 0 aromatic heterocycles. The Morgan fingerprint density at radius 3 is 2.38 bits per heavy atom. The molecular weight excluding hydrogens is 176 g/mol. The average molecular weight is 182 g/mol. The second-order valence-electron chi connectivity index (χ2n) is 2.28. The number of hydrogen-bond donors (Lipinski definition) is 2. The molecule has 0 spiro atoms. The molecule has 2 N–H and O–H groups in total. The molecule has 0 heterocycles. The molecule has 0 unspecified atom stereocenters. The molecule has 0 aliphatic carbocycles. The molecule has 0 radical (unpaired) electrons. The molecule has 0 aliphatic heterocycles. The van der Waals surface area contributed by atoms with E-state index in [9.17, 15) is 14.9 Å². The number of nitrogens with zero attached hydrogens (tertiary/aromatic N) is 2. The van der Waals surface area contributed by atoms with E-state index < -0.39 is 12.4 Å². The van der Waals surface area contributed by atoms with Gasteiger partial charge in [0, 0.05) is 5.56 Å². The van der Waals surface area contributed by atoms with Crippen LogP contribution < -0.4 is 0 Å². The number of phenolic OH excluding ortho intramolecular Hbond substituents is 1. The van der Waals surface area contributed by atoms with Crippen LogP contribution in [-0.2, 0) is 6.61 Å². The minimum atomic E-state index is -0.600. The van der Waals surface area contributed by atoms with E-state index in [1.165, 1.54) is 12.1 Å². The van der Waals surface area contributed by atoms with Gasteiger partial charge in [-0.1, -0.05) is 6.07 Å². The smallest absolute Gasteiger partial charge is 0.174 e. The molecule has 0 fully saturated rings. The summed E-state index contributed by atoms with van der Waals surface area (Å²) in [6.45, 7) is -0.437. The predicted molar refractivity (Wildman–Crippen MR) is 44.9 cm³/mol. The number of aliphatic hydroxyl groups is 1. The standard InChI is InChI=1S/C7H6N2O4/c10-3-4-1-2-5(8-12)7(11)6(4)9-13/h1-2,10-11H,3H2. The van der Waals surface area contributed by atoms with E-state index in [0.717, 1.165) is 0 Å². The van der Waals surface area contributed by atoms with Crippen LogP contribution in [0.25, 0.3) is 0 Å². The molecule has 1 rings (SSSR count). The van der Waals surface area contributed by atoms with Crippen LogP contribution in [0.2, 0.25) is 0 Å². The summed E-state index contributed by atoms with van der Waals surface area (Å²) in [4.78, 5) is 20.3. The fourth-order valence-electron chi connectivity index (χ4n) is 0.914. The van der Waals surface area contributed by atoms with Crippen LogP contribution in [0.5, 0.6) is 5.75 Å². The van der Waals surface area contributed by atoms with Crippen molar-refractivity contribution in [3.63, 3.8) is 0 Å². The first-order valence-corrected chi connectivity index (χ1v) is 3.37. The molecule has 13 heavy (non-hydrogen) atoms. The number of nitroso groups, excluding NO2 is 2. The Morgan fingerprint density at radius 2 is 1.92 bits per heavy atom. The Bertz CT molecular complexity index is 351. The van der Waals surface area contributed by atoms with E-state index in [1.54, 1.807) is 0 Å². The van der Waals surface area contributed by atoms with Crippen molar-refractivity contribution >= 4 is 11.4 Å². The van der Waals surface area contributed by atoms with Crippen LogP contribution in [0, 0.1) is 9.81 Å². The fourth-order valence-corrected chi connectivity index (χ4v) is 0.914. The highest BCUT2D eigenvalue weighted by molar-refractivity contribution is 5.68. The highest BCUT2D eigenvalue weighted by atomic mass is 16.3. The Morgan fingerprint density at radius 1 is 1.23 bits per heavy atom. The van der Waals surface area contributed by atoms with Crippen LogP contribution in [0.15, 0.2) is 22.5 Å². The first kappa shape index (κ1) is 9.27. The third-order valence-electron chi connectivity index (χ3n) is 1.57. The summed E-state index contributed by atoms with van der Waals surface area (Å²) in [6.07, 6.45) is 0. The van der Waals surface area contributed by atoms with Gasteiger partial charge >= 0.3 is 0 Å². The summed E-state index contributed by atoms with van der Waals surface area (Å²) >= 11 is 0. The largest absolute Gasteiger partial charge is 0.504 e. The molecule has 68 valence electrons. The fraction of sp³-hybridized carbons (Fsp3) is 0.143. The normalized spacial score (nSPS) is 9.62. The van der Waals surface area contributed by atoms with Gasteiger partial charge in [-0.15, -0.1) is 9.81 Å². The number of aromatic hydroxyl groups is 1. The van der Waals surface area contributed by atoms with Crippen molar-refractivity contribution in [1.82, 2.24) is 0 Å². The van der Waals surface area contributed by atoms with Crippen molar-refractivity contribution in [3.05, 3.63) is 27.5 Å². The lowest BCUT2D eigenvalue weighted by Gasteiger charge is -2.02. The van der Waals surface area contributed by atoms with Crippen LogP contribution >= 0.6 is 0 Å². The van der Waals surface area contributed by atoms with E-state index in [1.807, 2.05) is 0 Å². The van der Waals surface area contributed by atoms with E-state index in [-0.39, 0.29) is 16.9 Å². The van der Waals surface area contributed by atoms with Crippen LogP contribution in [0.4, 0.5) is 11.4 Å². The minimum Gasteiger partial charge on any atom is -0.504 e. The molecule has 0 amide bonds. The van der Waals surface area contributed by atoms with Gasteiger partial charge in [-0.2, -0.15) is 0 Å². The summed E-state index contributed by atoms with van der Waals surface area (Å²) < 4.78 is 0. The van der Waals surface area contributed by atoms with Crippen molar-refractivity contribution in [1.29, 1.82) is 0 Å². The quantitative estimate of drug-likeness (QED) is 0.694. The van der Waals surface area contributed by atoms with Gasteiger partial charge in [-0.25, -0.2) is 0 Å². The molecule has 0 aliphatic rings. The SMILES string of the molecule is O=Nc1ccc(CO)c(N=O)c1O. The molecule has 0 atom stereocenters. The molecular formula is C7H6N2O4. The van der Waals surface area contributed by atoms with Gasteiger partial charge in [0.2, 0.25) is 0 Å². The highest BCUT2D eigenvalue weighted by Gasteiger charge is 2.12. The maximum atomic E-state index is 10.2. The van der Waals surface area contributed by atoms with Crippen LogP contribution in [0.1, 0.15) is 5.56 Å². The zero-order valence-electron chi connectivity index (χ0n) is 6.47. The first-order valence-electron chi connectivity index (χ1n) is 3.37. The van der Waals surface area contributed by atoms with Crippen molar-refractivity contribution < 1.29 is 10.2 Å². The lowest BCUT2D eigenvalue weighted by molar-refractivity contribution is 0.282. The van der Waals surface area contributed by atoms with Gasteiger partial charge < -0.3 is 10.2 Å². The zero-order valence-corrected chi connectivity index (χ0v) is 6.47. The second kappa shape index (κ2) is 3.72. The maximum Gasteiger partial charge on any atom is 0.174 e. The molecule has 0 saturated heterocycles. The monoisotopic (exact) mass is 182 g/mol. The number of rotatable bonds is 3. The summed E-state index contributed by atoms with van der Waals surface area (Å²) in [5.41, 5.74) is -0.466. The predicted octanol–water partition coefficient (Wildman–Crippen LogP) is 1.68. The molecule has 1 aromatic rings. The number of benzene rings is 1. The molecule has 0 saturated carbocycles. The van der Waals surface area contributed by atoms with Gasteiger partial charge in [0.1, 0.15) is 0 Å². The first-order chi connectivity index (χ1) is 6.24. The van der Waals surface area contributed by atoms with E-state index >= 15 is 0 Å². The van der Waals surface area contributed by atoms with E-state index in [2.05, 4.69) is 10.4 Å². The molecule has 1 aromatic carbocycles. The number of hydrogen-bond acceptors (Lipinski definition) is 6. The van der Waals surface area contributed by atoms with Crippen molar-refractivity contribution in [2.45, 2.75) is 6.61 Å². The van der Waals surface area contributed by atoms with Crippen molar-refractivity contribution in [2.24, 2.45) is 10.4 Å². The lowest BCUT2D eigenvalue weighted by atomic mass is 10.1. The van der Waals surface area contributed by atoms with Gasteiger partial charge in [-0.3, -0.25) is 0 Å². The third-order valence-corrected chi connectivity index (χ3v) is 1.57. The average Bonchev–Trinajstić information content (AvgIpc) is 2.17. The van der Waals surface area contributed by atoms with E-state index in [4.69, 9.17) is 5.11 Å². The third kappa shape index (κ3) is 1.52. The van der Waals surface area contributed by atoms with E-state index in [0.29, 0.717) is 0 Å². The maximum absolute atomic E-state index is 10.2. The zero-order chi connectivity index (χ0) is 9.84. The van der Waals surface area contributed by atoms with Gasteiger partial charge in [0.05, 0.1) is 6.61 Å². The number of aliphatic hydroxyl groups excluding tert-OH is 1. The lowest BCUT2D eigenvalue weighted by Crippen LogP contribution is -1.83. The molecule has 6 nitrogen and oxygen atoms in total. The Labute approximate surface area is 72.8 Å². The summed E-state index contributed by atoms with van der Waals surface area (Å²) in [5.74, 6) is -0.600. The Balaban J connectivity index is 3.39. The molecule has 0 bridgehead atoms. The van der Waals surface area contributed by atoms with Crippen LogP contribution in [-0.4, -0.2) is 10.2 Å². The van der Waals surface area contributed by atoms with Gasteiger partial charge in [-0.05, 0) is 16.4 Å². The highest BCUT2D eigenvalue weighted by Crippen LogP contribution is 2.38. The second-order valence-corrected chi connectivity index (χ2v) is 2.28. The summed E-state index contributed by atoms with van der Waals surface area (Å²) in [7, 11) is 0. The van der Waals surface area contributed by atoms with Crippen molar-refractivity contribution in [3.8, 4) is 5.75 Å². The summed E-state index contributed by atoms with van der Waals surface area (Å²) in [6, 6.07) is 2.50.